The first-order chi connectivity index (χ1) is 24.4. The van der Waals surface area contributed by atoms with E-state index in [0.29, 0.717) is 49.1 Å². The van der Waals surface area contributed by atoms with Gasteiger partial charge in [-0.15, -0.1) is 0 Å². The summed E-state index contributed by atoms with van der Waals surface area (Å²) in [4.78, 5) is 27.3. The molecule has 5 aliphatic rings. The van der Waals surface area contributed by atoms with Crippen molar-refractivity contribution >= 4 is 5.97 Å². The van der Waals surface area contributed by atoms with Crippen LogP contribution in [0.2, 0.25) is 0 Å². The molecule has 4 fully saturated rings. The van der Waals surface area contributed by atoms with E-state index in [1.165, 1.54) is 5.57 Å². The molecule has 2 bridgehead atoms. The highest BCUT2D eigenvalue weighted by atomic mass is 16.5. The van der Waals surface area contributed by atoms with Crippen molar-refractivity contribution in [1.82, 2.24) is 24.7 Å². The fourth-order valence-corrected chi connectivity index (χ4v) is 12.6. The number of aromatic nitrogens is 5. The zero-order valence-electron chi connectivity index (χ0n) is 33.4. The van der Waals surface area contributed by atoms with E-state index < -0.39 is 17.4 Å². The van der Waals surface area contributed by atoms with E-state index in [1.54, 1.807) is 24.9 Å². The Balaban J connectivity index is 1.35. The van der Waals surface area contributed by atoms with Gasteiger partial charge in [-0.2, -0.15) is 5.10 Å². The van der Waals surface area contributed by atoms with Crippen molar-refractivity contribution in [3.05, 3.63) is 36.6 Å². The molecule has 0 amide bonds. The third kappa shape index (κ3) is 5.23. The summed E-state index contributed by atoms with van der Waals surface area (Å²) in [5.74, 6) is 1.19. The molecule has 10 heteroatoms. The fourth-order valence-electron chi connectivity index (χ4n) is 12.6. The Morgan fingerprint density at radius 1 is 1.08 bits per heavy atom. The molecule has 1 aliphatic heterocycles. The number of ether oxygens (including phenoxy) is 2. The number of rotatable bonds is 9. The van der Waals surface area contributed by atoms with Crippen LogP contribution >= 0.6 is 0 Å². The highest BCUT2D eigenvalue weighted by Crippen LogP contribution is 2.75. The zero-order chi connectivity index (χ0) is 37.6. The van der Waals surface area contributed by atoms with Gasteiger partial charge in [0.25, 0.3) is 0 Å². The predicted octanol–water partition coefficient (Wildman–Crippen LogP) is 7.62. The molecule has 0 aromatic carbocycles. The summed E-state index contributed by atoms with van der Waals surface area (Å²) in [5, 5.41) is 16.0. The van der Waals surface area contributed by atoms with Crippen LogP contribution in [-0.4, -0.2) is 67.3 Å². The van der Waals surface area contributed by atoms with Gasteiger partial charge >= 0.3 is 5.97 Å². The number of aliphatic carboxylic acids is 1. The smallest absolute Gasteiger partial charge is 0.307 e. The van der Waals surface area contributed by atoms with Gasteiger partial charge in [-0.1, -0.05) is 74.0 Å². The minimum Gasteiger partial charge on any atom is -0.481 e. The largest absolute Gasteiger partial charge is 0.481 e. The maximum atomic E-state index is 13.5. The minimum absolute atomic E-state index is 0.151. The third-order valence-corrected chi connectivity index (χ3v) is 16.7. The number of nitrogens with zero attached hydrogens (tertiary/aromatic N) is 5. The van der Waals surface area contributed by atoms with Crippen LogP contribution in [0.5, 0.6) is 0 Å². The van der Waals surface area contributed by atoms with Crippen LogP contribution in [0.25, 0.3) is 11.5 Å². The summed E-state index contributed by atoms with van der Waals surface area (Å²) in [6, 6.07) is -0.151. The predicted molar refractivity (Wildman–Crippen MR) is 201 cm³/mol. The highest BCUT2D eigenvalue weighted by Gasteiger charge is 2.72. The standard InChI is InChI=1S/C42H64N6O4/c1-25(2)27(5)37(6)15-16-39(8)28-11-12-32-38(7)21-51-23-42(32,29(28)13-14-40(39,9)33(37)36(49)50)19-31(34(38)52-22-41(10,43)26(3)4)48-35(46-24-47-48)30-20-44-17-18-45-30/h13,17-18,20,24-28,31-34H,11-12,14-16,19,21-23,43H2,1-10H3,(H,49,50)/t27-,28+,31-,32+,33-,34+,37-,38+,39-,40+,41+,42?/m1/s1. The Bertz CT molecular complexity index is 1690. The zero-order valence-corrected chi connectivity index (χ0v) is 33.4. The average Bonchev–Trinajstić information content (AvgIpc) is 3.58. The molecule has 1 saturated heterocycles. The van der Waals surface area contributed by atoms with E-state index >= 15 is 0 Å². The Kier molecular flexibility index (Phi) is 9.18. The van der Waals surface area contributed by atoms with Crippen molar-refractivity contribution in [1.29, 1.82) is 0 Å². The first-order valence-corrected chi connectivity index (χ1v) is 19.9. The minimum atomic E-state index is -0.630. The van der Waals surface area contributed by atoms with E-state index in [-0.39, 0.29) is 51.1 Å². The van der Waals surface area contributed by atoms with Crippen molar-refractivity contribution in [3.8, 4) is 11.5 Å². The first kappa shape index (κ1) is 37.6. The molecule has 10 nitrogen and oxygen atoms in total. The van der Waals surface area contributed by atoms with Gasteiger partial charge < -0.3 is 20.3 Å². The van der Waals surface area contributed by atoms with Crippen molar-refractivity contribution in [2.75, 3.05) is 19.8 Å². The highest BCUT2D eigenvalue weighted by molar-refractivity contribution is 5.73. The van der Waals surface area contributed by atoms with Gasteiger partial charge in [0, 0.05) is 28.8 Å². The van der Waals surface area contributed by atoms with Crippen LogP contribution in [0.4, 0.5) is 0 Å². The first-order valence-electron chi connectivity index (χ1n) is 19.9. The molecule has 0 spiro atoms. The van der Waals surface area contributed by atoms with Gasteiger partial charge in [-0.05, 0) is 91.3 Å². The van der Waals surface area contributed by atoms with Gasteiger partial charge in [0.1, 0.15) is 12.0 Å². The normalized spacial score (nSPS) is 41.7. The van der Waals surface area contributed by atoms with Crippen molar-refractivity contribution in [3.63, 3.8) is 0 Å². The Hall–Kier alpha value is -2.69. The second-order valence-corrected chi connectivity index (χ2v) is 19.6. The van der Waals surface area contributed by atoms with Crippen molar-refractivity contribution < 1.29 is 19.4 Å². The maximum Gasteiger partial charge on any atom is 0.307 e. The molecule has 52 heavy (non-hydrogen) atoms. The quantitative estimate of drug-likeness (QED) is 0.251. The summed E-state index contributed by atoms with van der Waals surface area (Å²) >= 11 is 0. The van der Waals surface area contributed by atoms with Gasteiger partial charge in [-0.3, -0.25) is 9.78 Å². The molecule has 2 aromatic rings. The molecule has 3 heterocycles. The number of carbonyl (C=O) groups is 1. The van der Waals surface area contributed by atoms with Crippen molar-refractivity contribution in [2.24, 2.45) is 68.3 Å². The lowest BCUT2D eigenvalue weighted by Gasteiger charge is -2.71. The van der Waals surface area contributed by atoms with E-state index in [1.807, 2.05) is 0 Å². The summed E-state index contributed by atoms with van der Waals surface area (Å²) in [6.45, 7) is 24.3. The molecule has 1 unspecified atom stereocenters. The SMILES string of the molecule is CC(C)[C@@H](C)[C@@]1(C)CC[C@]2(C)[C@H]3CC[C@@H]4C5(COC[C@]4(C)[C@@H](OC[C@](C)(N)C(C)C)[C@H](n4ncnc4-c4cnccn4)C5)C3=CC[C@@]2(C)[C@@H]1C(=O)O. The molecule has 3 saturated carbocycles. The number of hydrogen-bond acceptors (Lipinski definition) is 8. The summed E-state index contributed by atoms with van der Waals surface area (Å²) < 4.78 is 15.9. The number of hydrogen-bond donors (Lipinski definition) is 2. The molecule has 3 N–H and O–H groups in total. The fraction of sp³-hybridized carbons (Fsp3) is 0.786. The van der Waals surface area contributed by atoms with Crippen LogP contribution < -0.4 is 5.73 Å². The van der Waals surface area contributed by atoms with Gasteiger partial charge in [0.2, 0.25) is 0 Å². The lowest BCUT2D eigenvalue weighted by atomic mass is 9.34. The lowest BCUT2D eigenvalue weighted by Crippen LogP contribution is -2.69. The van der Waals surface area contributed by atoms with Gasteiger partial charge in [0.15, 0.2) is 5.82 Å². The molecule has 4 aliphatic carbocycles. The molecule has 286 valence electrons. The van der Waals surface area contributed by atoms with E-state index in [4.69, 9.17) is 25.3 Å². The van der Waals surface area contributed by atoms with Gasteiger partial charge in [-0.25, -0.2) is 14.6 Å². The Morgan fingerprint density at radius 3 is 2.48 bits per heavy atom. The molecular weight excluding hydrogens is 653 g/mol. The topological polar surface area (TPSA) is 138 Å². The molecular formula is C42H64N6O4. The molecule has 12 atom stereocenters. The average molecular weight is 717 g/mol. The van der Waals surface area contributed by atoms with Crippen LogP contribution in [0.15, 0.2) is 36.6 Å². The van der Waals surface area contributed by atoms with E-state index in [9.17, 15) is 9.90 Å². The number of carboxylic acids is 1. The monoisotopic (exact) mass is 716 g/mol. The summed E-state index contributed by atoms with van der Waals surface area (Å²) in [5.41, 5.74) is 7.15. The van der Waals surface area contributed by atoms with Gasteiger partial charge in [0.05, 0.1) is 44.1 Å². The number of carboxylic acid groups (broad SMARTS) is 1. The van der Waals surface area contributed by atoms with E-state index in [2.05, 4.69) is 90.0 Å². The third-order valence-electron chi connectivity index (χ3n) is 16.7. The molecule has 2 aromatic heterocycles. The maximum absolute atomic E-state index is 13.5. The summed E-state index contributed by atoms with van der Waals surface area (Å²) in [6.07, 6.45) is 14.6. The molecule has 0 radical (unpaired) electrons. The second-order valence-electron chi connectivity index (χ2n) is 19.6. The van der Waals surface area contributed by atoms with Crippen molar-refractivity contribution in [2.45, 2.75) is 125 Å². The molecule has 7 rings (SSSR count). The lowest BCUT2D eigenvalue weighted by molar-refractivity contribution is -0.252. The summed E-state index contributed by atoms with van der Waals surface area (Å²) in [7, 11) is 0. The number of fused-ring (bicyclic) bond motifs is 3. The van der Waals surface area contributed by atoms with Crippen LogP contribution in [0, 0.1) is 62.6 Å². The van der Waals surface area contributed by atoms with Crippen LogP contribution in [0.3, 0.4) is 0 Å². The number of nitrogens with two attached hydrogens (primary N) is 1. The second kappa shape index (κ2) is 12.7. The Morgan fingerprint density at radius 2 is 1.83 bits per heavy atom. The Labute approximate surface area is 311 Å². The van der Waals surface area contributed by atoms with Crippen LogP contribution in [-0.2, 0) is 14.3 Å². The van der Waals surface area contributed by atoms with Crippen LogP contribution in [0.1, 0.15) is 114 Å². The number of allylic oxidation sites excluding steroid dienone is 1. The van der Waals surface area contributed by atoms with E-state index in [0.717, 1.165) is 38.5 Å².